The molecule has 0 spiro atoms. The van der Waals surface area contributed by atoms with Gasteiger partial charge in [-0.2, -0.15) is 0 Å². The number of carbonyl (C=O) groups is 2. The first-order chi connectivity index (χ1) is 16.7. The summed E-state index contributed by atoms with van der Waals surface area (Å²) in [6.45, 7) is 5.56. The van der Waals surface area contributed by atoms with E-state index in [9.17, 15) is 19.1 Å². The Labute approximate surface area is 206 Å². The van der Waals surface area contributed by atoms with E-state index >= 15 is 0 Å². The third kappa shape index (κ3) is 8.04. The van der Waals surface area contributed by atoms with Crippen LogP contribution in [0.25, 0.3) is 11.1 Å². The lowest BCUT2D eigenvalue weighted by atomic mass is 9.97. The molecule has 0 unspecified atom stereocenters. The summed E-state index contributed by atoms with van der Waals surface area (Å²) >= 11 is 0. The second kappa shape index (κ2) is 12.1. The Kier molecular flexibility index (Phi) is 9.23. The fraction of sp³-hybridized carbons (Fsp3) is 0.481. The fourth-order valence-corrected chi connectivity index (χ4v) is 4.18. The van der Waals surface area contributed by atoms with Crippen LogP contribution in [0, 0.1) is 11.8 Å². The van der Waals surface area contributed by atoms with Gasteiger partial charge >= 0.3 is 5.97 Å². The van der Waals surface area contributed by atoms with E-state index in [0.29, 0.717) is 24.8 Å². The van der Waals surface area contributed by atoms with Crippen molar-refractivity contribution in [3.63, 3.8) is 0 Å². The summed E-state index contributed by atoms with van der Waals surface area (Å²) in [5.41, 5.74) is 1.32. The second-order valence-corrected chi connectivity index (χ2v) is 9.60. The average molecular weight is 487 g/mol. The third-order valence-electron chi connectivity index (χ3n) is 6.12. The molecule has 0 aromatic heterocycles. The van der Waals surface area contributed by atoms with Crippen LogP contribution >= 0.6 is 0 Å². The molecule has 2 aromatic carbocycles. The van der Waals surface area contributed by atoms with Crippen molar-refractivity contribution in [3.8, 4) is 16.9 Å². The highest BCUT2D eigenvalue weighted by atomic mass is 19.1. The van der Waals surface area contributed by atoms with Crippen LogP contribution in [0.4, 0.5) is 10.1 Å². The third-order valence-corrected chi connectivity index (χ3v) is 6.12. The van der Waals surface area contributed by atoms with E-state index in [0.717, 1.165) is 42.8 Å². The molecule has 1 fully saturated rings. The number of nitrogens with zero attached hydrogens (tertiary/aromatic N) is 1. The van der Waals surface area contributed by atoms with Gasteiger partial charge in [-0.3, -0.25) is 9.59 Å². The maximum absolute atomic E-state index is 13.8. The van der Waals surface area contributed by atoms with Crippen LogP contribution in [0.5, 0.6) is 5.75 Å². The van der Waals surface area contributed by atoms with Crippen molar-refractivity contribution >= 4 is 17.6 Å². The topological polar surface area (TPSA) is 88.1 Å². The number of aliphatic hydroxyl groups is 1. The highest BCUT2D eigenvalue weighted by Gasteiger charge is 2.27. The Balaban J connectivity index is 1.48. The molecule has 7 nitrogen and oxygen atoms in total. The van der Waals surface area contributed by atoms with Gasteiger partial charge in [0.1, 0.15) is 11.4 Å². The average Bonchev–Trinajstić information content (AvgIpc) is 2.84. The number of amides is 1. The quantitative estimate of drug-likeness (QED) is 0.391. The lowest BCUT2D eigenvalue weighted by molar-refractivity contribution is -0.150. The van der Waals surface area contributed by atoms with Gasteiger partial charge in [0.05, 0.1) is 20.3 Å². The van der Waals surface area contributed by atoms with Crippen molar-refractivity contribution in [1.29, 1.82) is 0 Å². The zero-order valence-corrected chi connectivity index (χ0v) is 20.6. The Morgan fingerprint density at radius 2 is 1.66 bits per heavy atom. The van der Waals surface area contributed by atoms with Gasteiger partial charge in [-0.05, 0) is 81.1 Å². The number of alkyl halides is 1. The number of ether oxygens (including phenoxy) is 2. The molecule has 1 aliphatic heterocycles. The van der Waals surface area contributed by atoms with Crippen molar-refractivity contribution in [2.24, 2.45) is 11.8 Å². The molecule has 2 aromatic rings. The SMILES string of the molecule is COC(=O)[C@@H](CO)C(=O)Nc1ccc(-c2ccc(OCC3CCN(CC(C)(C)F)CC3)cc2)cc1. The number of methoxy groups -OCH3 is 1. The maximum Gasteiger partial charge on any atom is 0.320 e. The van der Waals surface area contributed by atoms with Gasteiger partial charge in [-0.1, -0.05) is 24.3 Å². The summed E-state index contributed by atoms with van der Waals surface area (Å²) in [4.78, 5) is 25.9. The number of nitrogens with one attached hydrogen (secondary N) is 1. The van der Waals surface area contributed by atoms with E-state index < -0.39 is 30.1 Å². The molecule has 1 atom stereocenters. The number of aliphatic hydroxyl groups excluding tert-OH is 1. The normalized spacial score (nSPS) is 15.9. The van der Waals surface area contributed by atoms with Gasteiger partial charge in [0.25, 0.3) is 0 Å². The first kappa shape index (κ1) is 26.6. The van der Waals surface area contributed by atoms with Crippen LogP contribution in [-0.4, -0.2) is 67.5 Å². The Bertz CT molecular complexity index is 965. The zero-order valence-electron chi connectivity index (χ0n) is 20.6. The molecule has 1 saturated heterocycles. The first-order valence-corrected chi connectivity index (χ1v) is 11.9. The molecule has 1 heterocycles. The van der Waals surface area contributed by atoms with E-state index in [2.05, 4.69) is 15.0 Å². The number of carbonyl (C=O) groups excluding carboxylic acids is 2. The predicted octanol–water partition coefficient (Wildman–Crippen LogP) is 3.91. The number of likely N-dealkylation sites (tertiary alicyclic amines) is 1. The molecule has 2 N–H and O–H groups in total. The molecule has 1 amide bonds. The highest BCUT2D eigenvalue weighted by Crippen LogP contribution is 2.26. The first-order valence-electron chi connectivity index (χ1n) is 11.9. The van der Waals surface area contributed by atoms with Crippen molar-refractivity contribution < 1.29 is 28.6 Å². The molecule has 35 heavy (non-hydrogen) atoms. The van der Waals surface area contributed by atoms with E-state index in [1.165, 1.54) is 7.11 Å². The van der Waals surface area contributed by atoms with E-state index in [-0.39, 0.29) is 0 Å². The summed E-state index contributed by atoms with van der Waals surface area (Å²) in [6, 6.07) is 15.0. The summed E-state index contributed by atoms with van der Waals surface area (Å²) in [5, 5.41) is 11.9. The van der Waals surface area contributed by atoms with Gasteiger partial charge in [0, 0.05) is 12.2 Å². The van der Waals surface area contributed by atoms with Crippen molar-refractivity contribution in [3.05, 3.63) is 48.5 Å². The molecule has 0 saturated carbocycles. The van der Waals surface area contributed by atoms with Crippen LogP contribution in [0.1, 0.15) is 26.7 Å². The Hall–Kier alpha value is -2.97. The van der Waals surface area contributed by atoms with Crippen LogP contribution in [0.3, 0.4) is 0 Å². The summed E-state index contributed by atoms with van der Waals surface area (Å²) in [7, 11) is 1.17. The van der Waals surface area contributed by atoms with E-state index in [4.69, 9.17) is 4.74 Å². The standard InChI is InChI=1S/C27H35FN2O5/c1-27(2,28)18-30-14-12-19(13-15-30)17-35-23-10-6-21(7-11-23)20-4-8-22(9-5-20)29-25(32)24(16-31)26(33)34-3/h4-11,19,24,31H,12-18H2,1-3H3,(H,29,32)/t24-/m0/s1. The minimum Gasteiger partial charge on any atom is -0.493 e. The molecular weight excluding hydrogens is 451 g/mol. The van der Waals surface area contributed by atoms with Crippen molar-refractivity contribution in [2.75, 3.05) is 45.3 Å². The molecule has 0 radical (unpaired) electrons. The van der Waals surface area contributed by atoms with Crippen LogP contribution in [0.15, 0.2) is 48.5 Å². The van der Waals surface area contributed by atoms with Gasteiger partial charge in [-0.25, -0.2) is 4.39 Å². The van der Waals surface area contributed by atoms with E-state index in [1.54, 1.807) is 26.0 Å². The Morgan fingerprint density at radius 1 is 1.09 bits per heavy atom. The van der Waals surface area contributed by atoms with Gasteiger partial charge < -0.3 is 24.8 Å². The number of halogens is 1. The number of piperidine rings is 1. The molecule has 0 aliphatic carbocycles. The lowest BCUT2D eigenvalue weighted by Gasteiger charge is -2.34. The van der Waals surface area contributed by atoms with Crippen molar-refractivity contribution in [1.82, 2.24) is 4.90 Å². The number of hydrogen-bond acceptors (Lipinski definition) is 6. The zero-order chi connectivity index (χ0) is 25.4. The largest absolute Gasteiger partial charge is 0.493 e. The van der Waals surface area contributed by atoms with Gasteiger partial charge in [0.2, 0.25) is 5.91 Å². The lowest BCUT2D eigenvalue weighted by Crippen LogP contribution is -2.41. The molecule has 190 valence electrons. The summed E-state index contributed by atoms with van der Waals surface area (Å²) in [6.07, 6.45) is 2.02. The highest BCUT2D eigenvalue weighted by molar-refractivity contribution is 6.04. The number of benzene rings is 2. The number of esters is 1. The minimum atomic E-state index is -1.26. The van der Waals surface area contributed by atoms with Crippen LogP contribution < -0.4 is 10.1 Å². The maximum atomic E-state index is 13.8. The van der Waals surface area contributed by atoms with Crippen molar-refractivity contribution in [2.45, 2.75) is 32.4 Å². The Morgan fingerprint density at radius 3 is 2.17 bits per heavy atom. The molecule has 8 heteroatoms. The summed E-state index contributed by atoms with van der Waals surface area (Å²) in [5.74, 6) is -1.38. The molecule has 3 rings (SSSR count). The smallest absolute Gasteiger partial charge is 0.320 e. The van der Waals surface area contributed by atoms with Gasteiger partial charge in [-0.15, -0.1) is 0 Å². The monoisotopic (exact) mass is 486 g/mol. The number of anilines is 1. The number of rotatable bonds is 10. The second-order valence-electron chi connectivity index (χ2n) is 9.60. The minimum absolute atomic E-state index is 0.473. The van der Waals surface area contributed by atoms with Crippen LogP contribution in [0.2, 0.25) is 0 Å². The van der Waals surface area contributed by atoms with Gasteiger partial charge in [0.15, 0.2) is 5.92 Å². The molecule has 0 bridgehead atoms. The molecule has 1 aliphatic rings. The van der Waals surface area contributed by atoms with Crippen LogP contribution in [-0.2, 0) is 14.3 Å². The molecular formula is C27H35FN2O5. The fourth-order valence-electron chi connectivity index (χ4n) is 4.18. The predicted molar refractivity (Wildman–Crippen MR) is 133 cm³/mol. The van der Waals surface area contributed by atoms with E-state index in [1.807, 2.05) is 36.4 Å². The number of hydrogen-bond donors (Lipinski definition) is 2. The summed E-state index contributed by atoms with van der Waals surface area (Å²) < 4.78 is 24.4.